The minimum atomic E-state index is -3.60. The van der Waals surface area contributed by atoms with E-state index in [1.807, 2.05) is 0 Å². The fourth-order valence-electron chi connectivity index (χ4n) is 1.88. The molecule has 22 heavy (non-hydrogen) atoms. The molecule has 0 radical (unpaired) electrons. The Morgan fingerprint density at radius 1 is 1.18 bits per heavy atom. The molecule has 0 atom stereocenters. The Morgan fingerprint density at radius 3 is 2.45 bits per heavy atom. The van der Waals surface area contributed by atoms with Gasteiger partial charge in [0.2, 0.25) is 10.0 Å². The molecule has 0 fully saturated rings. The summed E-state index contributed by atoms with van der Waals surface area (Å²) in [5, 5.41) is 0. The van der Waals surface area contributed by atoms with E-state index in [4.69, 9.17) is 4.74 Å². The second kappa shape index (κ2) is 7.21. The minimum Gasteiger partial charge on any atom is -0.496 e. The molecule has 0 bridgehead atoms. The van der Waals surface area contributed by atoms with Gasteiger partial charge in [-0.3, -0.25) is 0 Å². The molecule has 4 nitrogen and oxygen atoms in total. The first-order valence-electron chi connectivity index (χ1n) is 6.50. The molecule has 0 heterocycles. The number of sulfonamides is 1. The summed E-state index contributed by atoms with van der Waals surface area (Å²) >= 11 is 3.26. The van der Waals surface area contributed by atoms with Crippen LogP contribution in [0.5, 0.6) is 5.75 Å². The highest BCUT2D eigenvalue weighted by molar-refractivity contribution is 9.10. The Labute approximate surface area is 137 Å². The van der Waals surface area contributed by atoms with Crippen molar-refractivity contribution in [3.05, 3.63) is 58.3 Å². The summed E-state index contributed by atoms with van der Waals surface area (Å²) in [6.45, 7) is 0.234. The van der Waals surface area contributed by atoms with Gasteiger partial charge in [-0.05, 0) is 58.2 Å². The zero-order valence-corrected chi connectivity index (χ0v) is 14.2. The highest BCUT2D eigenvalue weighted by Gasteiger charge is 2.15. The topological polar surface area (TPSA) is 55.4 Å². The van der Waals surface area contributed by atoms with Crippen molar-refractivity contribution >= 4 is 26.0 Å². The van der Waals surface area contributed by atoms with Gasteiger partial charge in [0.25, 0.3) is 0 Å². The Kier molecular flexibility index (Phi) is 5.55. The lowest BCUT2D eigenvalue weighted by Gasteiger charge is -2.09. The zero-order chi connectivity index (χ0) is 16.2. The van der Waals surface area contributed by atoms with Gasteiger partial charge in [-0.15, -0.1) is 0 Å². The third-order valence-corrected chi connectivity index (χ3v) is 5.13. The standard InChI is InChI=1S/C15H15BrFNO3S/c1-21-15-7-6-13(10-14(15)16)22(19,20)18-9-8-11-2-4-12(17)5-3-11/h2-7,10,18H,8-9H2,1H3. The summed E-state index contributed by atoms with van der Waals surface area (Å²) in [5.74, 6) is 0.248. The van der Waals surface area contributed by atoms with E-state index >= 15 is 0 Å². The summed E-state index contributed by atoms with van der Waals surface area (Å²) < 4.78 is 45.3. The van der Waals surface area contributed by atoms with Crippen molar-refractivity contribution < 1.29 is 17.5 Å². The molecule has 1 N–H and O–H groups in total. The van der Waals surface area contributed by atoms with Gasteiger partial charge in [0.1, 0.15) is 11.6 Å². The smallest absolute Gasteiger partial charge is 0.240 e. The van der Waals surface area contributed by atoms with Gasteiger partial charge >= 0.3 is 0 Å². The molecule has 2 rings (SSSR count). The van der Waals surface area contributed by atoms with E-state index in [-0.39, 0.29) is 17.3 Å². The van der Waals surface area contributed by atoms with Crippen molar-refractivity contribution in [1.29, 1.82) is 0 Å². The van der Waals surface area contributed by atoms with E-state index in [2.05, 4.69) is 20.7 Å². The lowest BCUT2D eigenvalue weighted by atomic mass is 10.1. The van der Waals surface area contributed by atoms with Crippen LogP contribution in [0.2, 0.25) is 0 Å². The van der Waals surface area contributed by atoms with Crippen LogP contribution in [0, 0.1) is 5.82 Å². The number of hydrogen-bond acceptors (Lipinski definition) is 3. The molecule has 118 valence electrons. The minimum absolute atomic E-state index is 0.152. The SMILES string of the molecule is COc1ccc(S(=O)(=O)NCCc2ccc(F)cc2)cc1Br. The summed E-state index contributed by atoms with van der Waals surface area (Å²) in [7, 11) is -2.09. The van der Waals surface area contributed by atoms with Gasteiger partial charge in [0.05, 0.1) is 16.5 Å². The normalized spacial score (nSPS) is 11.4. The summed E-state index contributed by atoms with van der Waals surface area (Å²) in [4.78, 5) is 0.152. The fraction of sp³-hybridized carbons (Fsp3) is 0.200. The van der Waals surface area contributed by atoms with Crippen LogP contribution in [0.15, 0.2) is 51.8 Å². The van der Waals surface area contributed by atoms with Crippen LogP contribution in [0.1, 0.15) is 5.56 Å². The molecule has 0 spiro atoms. The Hall–Kier alpha value is -1.44. The number of benzene rings is 2. The van der Waals surface area contributed by atoms with Gasteiger partial charge in [0, 0.05) is 6.54 Å². The maximum atomic E-state index is 12.8. The number of rotatable bonds is 6. The lowest BCUT2D eigenvalue weighted by molar-refractivity contribution is 0.411. The van der Waals surface area contributed by atoms with Crippen LogP contribution in [0.4, 0.5) is 4.39 Å². The summed E-state index contributed by atoms with van der Waals surface area (Å²) in [6.07, 6.45) is 0.483. The second-order valence-electron chi connectivity index (χ2n) is 4.57. The van der Waals surface area contributed by atoms with Gasteiger partial charge in [-0.1, -0.05) is 12.1 Å². The Morgan fingerprint density at radius 2 is 1.86 bits per heavy atom. The Bertz CT molecular complexity index is 748. The lowest BCUT2D eigenvalue weighted by Crippen LogP contribution is -2.26. The van der Waals surface area contributed by atoms with E-state index in [0.717, 1.165) is 5.56 Å². The molecule has 2 aromatic rings. The number of nitrogens with one attached hydrogen (secondary N) is 1. The molecule has 0 unspecified atom stereocenters. The Balaban J connectivity index is 2.02. The van der Waals surface area contributed by atoms with Gasteiger partial charge in [-0.25, -0.2) is 17.5 Å². The summed E-state index contributed by atoms with van der Waals surface area (Å²) in [5.41, 5.74) is 0.861. The highest BCUT2D eigenvalue weighted by atomic mass is 79.9. The van der Waals surface area contributed by atoms with Gasteiger partial charge in [0.15, 0.2) is 0 Å². The average molecular weight is 388 g/mol. The van der Waals surface area contributed by atoms with Crippen molar-refractivity contribution in [2.24, 2.45) is 0 Å². The molecule has 0 amide bonds. The van der Waals surface area contributed by atoms with Crippen molar-refractivity contribution in [1.82, 2.24) is 4.72 Å². The molecular formula is C15H15BrFNO3S. The molecule has 7 heteroatoms. The number of ether oxygens (including phenoxy) is 1. The maximum absolute atomic E-state index is 12.8. The van der Waals surface area contributed by atoms with Crippen molar-refractivity contribution in [2.45, 2.75) is 11.3 Å². The average Bonchev–Trinajstić information content (AvgIpc) is 2.49. The monoisotopic (exact) mass is 387 g/mol. The van der Waals surface area contributed by atoms with E-state index < -0.39 is 10.0 Å². The highest BCUT2D eigenvalue weighted by Crippen LogP contribution is 2.27. The molecule has 0 saturated carbocycles. The third kappa shape index (κ3) is 4.28. The van der Waals surface area contributed by atoms with E-state index in [1.54, 1.807) is 18.2 Å². The quantitative estimate of drug-likeness (QED) is 0.828. The van der Waals surface area contributed by atoms with Crippen LogP contribution in [-0.2, 0) is 16.4 Å². The van der Waals surface area contributed by atoms with E-state index in [0.29, 0.717) is 16.6 Å². The van der Waals surface area contributed by atoms with Crippen molar-refractivity contribution in [3.8, 4) is 5.75 Å². The van der Waals surface area contributed by atoms with Crippen LogP contribution < -0.4 is 9.46 Å². The van der Waals surface area contributed by atoms with Crippen molar-refractivity contribution in [2.75, 3.05) is 13.7 Å². The fourth-order valence-corrected chi connectivity index (χ4v) is 3.63. The van der Waals surface area contributed by atoms with E-state index in [1.165, 1.54) is 31.4 Å². The van der Waals surface area contributed by atoms with E-state index in [9.17, 15) is 12.8 Å². The first-order chi connectivity index (χ1) is 10.4. The molecular weight excluding hydrogens is 373 g/mol. The predicted molar refractivity (Wildman–Crippen MR) is 86.0 cm³/mol. The predicted octanol–water partition coefficient (Wildman–Crippen LogP) is 3.12. The number of methoxy groups -OCH3 is 1. The van der Waals surface area contributed by atoms with Gasteiger partial charge < -0.3 is 4.74 Å². The first kappa shape index (κ1) is 16.9. The summed E-state index contributed by atoms with van der Waals surface area (Å²) in [6, 6.07) is 10.5. The molecule has 0 aliphatic rings. The zero-order valence-electron chi connectivity index (χ0n) is 11.8. The molecule has 2 aromatic carbocycles. The third-order valence-electron chi connectivity index (χ3n) is 3.05. The van der Waals surface area contributed by atoms with Crippen molar-refractivity contribution in [3.63, 3.8) is 0 Å². The molecule has 0 aromatic heterocycles. The maximum Gasteiger partial charge on any atom is 0.240 e. The van der Waals surface area contributed by atoms with Crippen LogP contribution in [0.25, 0.3) is 0 Å². The van der Waals surface area contributed by atoms with Gasteiger partial charge in [-0.2, -0.15) is 0 Å². The second-order valence-corrected chi connectivity index (χ2v) is 7.19. The number of halogens is 2. The largest absolute Gasteiger partial charge is 0.496 e. The molecule has 0 aliphatic heterocycles. The molecule has 0 aliphatic carbocycles. The van der Waals surface area contributed by atoms with Crippen LogP contribution in [-0.4, -0.2) is 22.1 Å². The number of hydrogen-bond donors (Lipinski definition) is 1. The first-order valence-corrected chi connectivity index (χ1v) is 8.77. The van der Waals surface area contributed by atoms with Crippen LogP contribution >= 0.6 is 15.9 Å². The van der Waals surface area contributed by atoms with Crippen LogP contribution in [0.3, 0.4) is 0 Å². The molecule has 0 saturated heterocycles.